The summed E-state index contributed by atoms with van der Waals surface area (Å²) < 4.78 is 18.2. The largest absolute Gasteiger partial charge is 0.482 e. The van der Waals surface area contributed by atoms with Gasteiger partial charge in [-0.2, -0.15) is 5.26 Å². The number of nitrogens with zero attached hydrogens (tertiary/aromatic N) is 1. The van der Waals surface area contributed by atoms with Crippen LogP contribution in [0.2, 0.25) is 0 Å². The molecule has 0 aromatic heterocycles. The smallest absolute Gasteiger partial charge is 0.258 e. The molecular weight excluding hydrogens is 311 g/mol. The van der Waals surface area contributed by atoms with Gasteiger partial charge in [0.15, 0.2) is 6.61 Å². The molecule has 0 aliphatic heterocycles. The number of para-hydroxylation sites is 1. The van der Waals surface area contributed by atoms with Crippen LogP contribution in [0.15, 0.2) is 48.5 Å². The maximum Gasteiger partial charge on any atom is 0.258 e. The van der Waals surface area contributed by atoms with E-state index in [4.69, 9.17) is 10.00 Å². The van der Waals surface area contributed by atoms with E-state index < -0.39 is 23.9 Å². The Balaban J connectivity index is 1.89. The lowest BCUT2D eigenvalue weighted by atomic mass is 10.0. The maximum absolute atomic E-state index is 12.9. The minimum Gasteiger partial charge on any atom is -0.482 e. The Hall–Kier alpha value is -2.91. The first-order chi connectivity index (χ1) is 11.5. The van der Waals surface area contributed by atoms with Gasteiger partial charge in [-0.25, -0.2) is 4.39 Å². The van der Waals surface area contributed by atoms with Crippen molar-refractivity contribution in [1.82, 2.24) is 5.32 Å². The summed E-state index contributed by atoms with van der Waals surface area (Å²) in [6.45, 7) is 1.36. The van der Waals surface area contributed by atoms with E-state index in [0.29, 0.717) is 16.9 Å². The minimum atomic E-state index is -0.971. The number of carbonyl (C=O) groups is 1. The Kier molecular flexibility index (Phi) is 5.88. The first-order valence-electron chi connectivity index (χ1n) is 7.36. The van der Waals surface area contributed by atoms with Crippen molar-refractivity contribution in [2.45, 2.75) is 19.1 Å². The van der Waals surface area contributed by atoms with Gasteiger partial charge in [0.1, 0.15) is 17.6 Å². The van der Waals surface area contributed by atoms with Crippen LogP contribution in [0.4, 0.5) is 4.39 Å². The van der Waals surface area contributed by atoms with Crippen LogP contribution in [0.3, 0.4) is 0 Å². The van der Waals surface area contributed by atoms with Gasteiger partial charge in [-0.1, -0.05) is 24.3 Å². The molecule has 2 atom stereocenters. The van der Waals surface area contributed by atoms with Crippen LogP contribution in [-0.4, -0.2) is 23.7 Å². The highest BCUT2D eigenvalue weighted by atomic mass is 19.1. The summed E-state index contributed by atoms with van der Waals surface area (Å²) in [5.74, 6) is -0.509. The van der Waals surface area contributed by atoms with E-state index in [1.54, 1.807) is 31.2 Å². The first kappa shape index (κ1) is 17.4. The number of carbonyl (C=O) groups excluding carboxylic acids is 1. The van der Waals surface area contributed by atoms with E-state index in [1.165, 1.54) is 24.3 Å². The molecule has 0 aliphatic rings. The van der Waals surface area contributed by atoms with Gasteiger partial charge >= 0.3 is 0 Å². The normalized spacial score (nSPS) is 12.8. The Morgan fingerprint density at radius 1 is 1.29 bits per heavy atom. The van der Waals surface area contributed by atoms with Crippen LogP contribution in [0.5, 0.6) is 5.75 Å². The Morgan fingerprint density at radius 2 is 1.96 bits per heavy atom. The van der Waals surface area contributed by atoms with Crippen LogP contribution in [0.1, 0.15) is 24.2 Å². The number of nitriles is 1. The lowest BCUT2D eigenvalue weighted by molar-refractivity contribution is -0.124. The van der Waals surface area contributed by atoms with Crippen molar-refractivity contribution in [1.29, 1.82) is 5.26 Å². The minimum absolute atomic E-state index is 0.279. The number of benzene rings is 2. The molecule has 2 N–H and O–H groups in total. The average molecular weight is 328 g/mol. The van der Waals surface area contributed by atoms with Crippen LogP contribution < -0.4 is 10.1 Å². The second kappa shape index (κ2) is 8.09. The van der Waals surface area contributed by atoms with Gasteiger partial charge in [0.2, 0.25) is 0 Å². The summed E-state index contributed by atoms with van der Waals surface area (Å²) in [6, 6.07) is 13.4. The molecule has 0 saturated carbocycles. The van der Waals surface area contributed by atoms with E-state index >= 15 is 0 Å². The summed E-state index contributed by atoms with van der Waals surface area (Å²) in [5, 5.41) is 21.7. The highest BCUT2D eigenvalue weighted by molar-refractivity contribution is 5.78. The van der Waals surface area contributed by atoms with Gasteiger partial charge in [-0.3, -0.25) is 4.79 Å². The van der Waals surface area contributed by atoms with Gasteiger partial charge in [0, 0.05) is 0 Å². The third-order valence-corrected chi connectivity index (χ3v) is 3.44. The summed E-state index contributed by atoms with van der Waals surface area (Å²) in [6.07, 6.45) is -0.971. The molecule has 2 aromatic rings. The lowest BCUT2D eigenvalue weighted by Gasteiger charge is -2.20. The monoisotopic (exact) mass is 328 g/mol. The van der Waals surface area contributed by atoms with Crippen LogP contribution in [0.25, 0.3) is 0 Å². The molecule has 0 bridgehead atoms. The van der Waals surface area contributed by atoms with Gasteiger partial charge in [0.05, 0.1) is 17.7 Å². The van der Waals surface area contributed by atoms with E-state index in [2.05, 4.69) is 5.32 Å². The number of amides is 1. The Bertz CT molecular complexity index is 741. The fourth-order valence-corrected chi connectivity index (χ4v) is 2.15. The third-order valence-electron chi connectivity index (χ3n) is 3.44. The molecule has 0 spiro atoms. The molecule has 0 unspecified atom stereocenters. The fraction of sp³-hybridized carbons (Fsp3) is 0.222. The molecule has 0 saturated heterocycles. The molecule has 0 radical (unpaired) electrons. The van der Waals surface area contributed by atoms with E-state index in [0.717, 1.165) is 0 Å². The van der Waals surface area contributed by atoms with Crippen LogP contribution in [-0.2, 0) is 4.79 Å². The zero-order chi connectivity index (χ0) is 17.5. The molecule has 2 rings (SSSR count). The highest BCUT2D eigenvalue weighted by Gasteiger charge is 2.19. The van der Waals surface area contributed by atoms with Crippen molar-refractivity contribution in [3.05, 3.63) is 65.5 Å². The molecule has 0 aliphatic carbocycles. The van der Waals surface area contributed by atoms with Gasteiger partial charge in [-0.05, 0) is 36.8 Å². The fourth-order valence-electron chi connectivity index (χ4n) is 2.15. The average Bonchev–Trinajstić information content (AvgIpc) is 2.60. The summed E-state index contributed by atoms with van der Waals surface area (Å²) >= 11 is 0. The quantitative estimate of drug-likeness (QED) is 0.852. The molecule has 6 heteroatoms. The number of hydrogen-bond donors (Lipinski definition) is 2. The number of halogens is 1. The predicted octanol–water partition coefficient (Wildman–Crippen LogP) is 2.31. The highest BCUT2D eigenvalue weighted by Crippen LogP contribution is 2.18. The molecule has 0 heterocycles. The van der Waals surface area contributed by atoms with Crippen molar-refractivity contribution in [2.75, 3.05) is 6.61 Å². The first-order valence-corrected chi connectivity index (χ1v) is 7.36. The number of hydrogen-bond acceptors (Lipinski definition) is 4. The van der Waals surface area contributed by atoms with Crippen molar-refractivity contribution >= 4 is 5.91 Å². The summed E-state index contributed by atoms with van der Waals surface area (Å²) in [4.78, 5) is 11.9. The number of rotatable bonds is 6. The zero-order valence-electron chi connectivity index (χ0n) is 13.1. The summed E-state index contributed by atoms with van der Waals surface area (Å²) in [5.41, 5.74) is 0.838. The Morgan fingerprint density at radius 3 is 2.62 bits per heavy atom. The standard InChI is InChI=1S/C18H17FN2O3/c1-12(18(23)13-6-8-15(19)9-7-13)21-17(22)11-24-16-5-3-2-4-14(16)10-20/h2-9,12,18,23H,11H2,1H3,(H,21,22)/t12-,18+/m0/s1. The predicted molar refractivity (Wildman–Crippen MR) is 85.6 cm³/mol. The molecule has 5 nitrogen and oxygen atoms in total. The van der Waals surface area contributed by atoms with Crippen molar-refractivity contribution in [3.8, 4) is 11.8 Å². The van der Waals surface area contributed by atoms with Crippen molar-refractivity contribution < 1.29 is 19.0 Å². The molecule has 2 aromatic carbocycles. The lowest BCUT2D eigenvalue weighted by Crippen LogP contribution is -2.39. The molecular formula is C18H17FN2O3. The number of aliphatic hydroxyl groups excluding tert-OH is 1. The van der Waals surface area contributed by atoms with Crippen molar-refractivity contribution in [2.24, 2.45) is 0 Å². The van der Waals surface area contributed by atoms with E-state index in [-0.39, 0.29) is 6.61 Å². The molecule has 24 heavy (non-hydrogen) atoms. The van der Waals surface area contributed by atoms with E-state index in [1.807, 2.05) is 6.07 Å². The second-order valence-electron chi connectivity index (χ2n) is 5.25. The number of aliphatic hydroxyl groups is 1. The van der Waals surface area contributed by atoms with Gasteiger partial charge in [0.25, 0.3) is 5.91 Å². The molecule has 1 amide bonds. The SMILES string of the molecule is C[C@H](NC(=O)COc1ccccc1C#N)[C@@H](O)c1ccc(F)cc1. The van der Waals surface area contributed by atoms with Crippen LogP contribution in [0, 0.1) is 17.1 Å². The van der Waals surface area contributed by atoms with Gasteiger partial charge in [-0.15, -0.1) is 0 Å². The topological polar surface area (TPSA) is 82.3 Å². The Labute approximate surface area is 139 Å². The second-order valence-corrected chi connectivity index (χ2v) is 5.25. The van der Waals surface area contributed by atoms with Crippen LogP contribution >= 0.6 is 0 Å². The van der Waals surface area contributed by atoms with Crippen molar-refractivity contribution in [3.63, 3.8) is 0 Å². The molecule has 0 fully saturated rings. The van der Waals surface area contributed by atoms with E-state index in [9.17, 15) is 14.3 Å². The number of ether oxygens (including phenoxy) is 1. The zero-order valence-corrected chi connectivity index (χ0v) is 13.1. The molecule has 124 valence electrons. The third kappa shape index (κ3) is 4.54. The number of nitrogens with one attached hydrogen (secondary N) is 1. The maximum atomic E-state index is 12.9. The van der Waals surface area contributed by atoms with Gasteiger partial charge < -0.3 is 15.2 Å². The summed E-state index contributed by atoms with van der Waals surface area (Å²) in [7, 11) is 0.